The Bertz CT molecular complexity index is 1020. The highest BCUT2D eigenvalue weighted by Crippen LogP contribution is 2.38. The number of H-pyrrole nitrogens is 1. The highest BCUT2D eigenvalue weighted by molar-refractivity contribution is 6.31. The number of rotatable bonds is 5. The molecule has 7 heteroatoms. The lowest BCUT2D eigenvalue weighted by molar-refractivity contribution is -0.0231. The Morgan fingerprint density at radius 1 is 1.13 bits per heavy atom. The van der Waals surface area contributed by atoms with Gasteiger partial charge in [0.1, 0.15) is 23.5 Å². The average molecular weight is 430 g/mol. The van der Waals surface area contributed by atoms with Gasteiger partial charge in [0.15, 0.2) is 0 Å². The number of hydrogen-bond donors (Lipinski definition) is 2. The zero-order chi connectivity index (χ0) is 20.7. The van der Waals surface area contributed by atoms with Crippen molar-refractivity contribution in [3.05, 3.63) is 59.1 Å². The van der Waals surface area contributed by atoms with Crippen molar-refractivity contribution in [2.75, 3.05) is 19.6 Å². The topological polar surface area (TPSA) is 61.4 Å². The van der Waals surface area contributed by atoms with Crippen LogP contribution in [0.15, 0.2) is 42.5 Å². The van der Waals surface area contributed by atoms with E-state index in [-0.39, 0.29) is 11.9 Å². The first-order valence-corrected chi connectivity index (χ1v) is 10.9. The third-order valence-corrected chi connectivity index (χ3v) is 6.65. The first kappa shape index (κ1) is 19.8. The number of imidazole rings is 1. The van der Waals surface area contributed by atoms with E-state index in [1.165, 1.54) is 12.1 Å². The smallest absolute Gasteiger partial charge is 0.125 e. The maximum atomic E-state index is 13.1. The number of benzene rings is 2. The molecule has 30 heavy (non-hydrogen) atoms. The number of halogens is 2. The third-order valence-electron chi connectivity index (χ3n) is 6.42. The molecule has 1 aliphatic carbocycles. The zero-order valence-electron chi connectivity index (χ0n) is 16.6. The molecule has 1 aliphatic heterocycles. The van der Waals surface area contributed by atoms with Crippen molar-refractivity contribution in [1.82, 2.24) is 14.9 Å². The summed E-state index contributed by atoms with van der Waals surface area (Å²) in [6.45, 7) is 2.93. The van der Waals surface area contributed by atoms with Gasteiger partial charge in [-0.2, -0.15) is 0 Å². The minimum atomic E-state index is -0.489. The largest absolute Gasteiger partial charge is 0.488 e. The van der Waals surface area contributed by atoms with Crippen molar-refractivity contribution in [3.8, 4) is 5.75 Å². The maximum absolute atomic E-state index is 13.1. The molecule has 158 valence electrons. The molecule has 5 nitrogen and oxygen atoms in total. The lowest BCUT2D eigenvalue weighted by atomic mass is 9.78. The van der Waals surface area contributed by atoms with Gasteiger partial charge in [-0.1, -0.05) is 11.6 Å². The standard InChI is InChI=1S/C23H25ClFN3O2/c24-16-1-6-19-20(11-16)27-23(26-19)7-8-28-12-14-9-21(29)22(10-15(14)13-28)30-18-4-2-17(25)3-5-18/h1-6,11,14-15,21-22,29H,7-10,12-13H2,(H,26,27)/t14-,15+,21+,22+/m0/s1. The predicted molar refractivity (Wildman–Crippen MR) is 114 cm³/mol. The highest BCUT2D eigenvalue weighted by Gasteiger charge is 2.42. The van der Waals surface area contributed by atoms with E-state index in [4.69, 9.17) is 16.3 Å². The molecule has 1 aromatic heterocycles. The van der Waals surface area contributed by atoms with Crippen LogP contribution in [0, 0.1) is 17.7 Å². The number of aromatic nitrogens is 2. The van der Waals surface area contributed by atoms with Crippen LogP contribution in [-0.4, -0.2) is 51.8 Å². The second-order valence-corrected chi connectivity index (χ2v) is 8.96. The number of ether oxygens (including phenoxy) is 1. The first-order valence-electron chi connectivity index (χ1n) is 10.5. The van der Waals surface area contributed by atoms with E-state index < -0.39 is 6.10 Å². The lowest BCUT2D eigenvalue weighted by Crippen LogP contribution is -2.42. The van der Waals surface area contributed by atoms with Crippen LogP contribution in [0.1, 0.15) is 18.7 Å². The Kier molecular flexibility index (Phi) is 5.39. The fourth-order valence-electron chi connectivity index (χ4n) is 4.90. The maximum Gasteiger partial charge on any atom is 0.125 e. The van der Waals surface area contributed by atoms with Gasteiger partial charge in [-0.15, -0.1) is 0 Å². The van der Waals surface area contributed by atoms with Crippen molar-refractivity contribution in [3.63, 3.8) is 0 Å². The Labute approximate surface area is 179 Å². The molecule has 2 N–H and O–H groups in total. The van der Waals surface area contributed by atoms with Gasteiger partial charge in [0.05, 0.1) is 17.1 Å². The molecule has 0 bridgehead atoms. The summed E-state index contributed by atoms with van der Waals surface area (Å²) in [5.41, 5.74) is 1.91. The van der Waals surface area contributed by atoms with Crippen molar-refractivity contribution in [2.45, 2.75) is 31.5 Å². The summed E-state index contributed by atoms with van der Waals surface area (Å²) >= 11 is 6.06. The van der Waals surface area contributed by atoms with Crippen molar-refractivity contribution in [1.29, 1.82) is 0 Å². The summed E-state index contributed by atoms with van der Waals surface area (Å²) in [5.74, 6) is 2.29. The lowest BCUT2D eigenvalue weighted by Gasteiger charge is -2.35. The number of likely N-dealkylation sites (tertiary alicyclic amines) is 1. The minimum Gasteiger partial charge on any atom is -0.488 e. The van der Waals surface area contributed by atoms with Gasteiger partial charge in [-0.3, -0.25) is 0 Å². The summed E-state index contributed by atoms with van der Waals surface area (Å²) in [4.78, 5) is 10.5. The van der Waals surface area contributed by atoms with Crippen molar-refractivity contribution in [2.24, 2.45) is 11.8 Å². The van der Waals surface area contributed by atoms with Crippen LogP contribution in [0.3, 0.4) is 0 Å². The molecule has 2 fully saturated rings. The van der Waals surface area contributed by atoms with E-state index in [1.807, 2.05) is 18.2 Å². The summed E-state index contributed by atoms with van der Waals surface area (Å²) in [7, 11) is 0. The van der Waals surface area contributed by atoms with Crippen LogP contribution in [-0.2, 0) is 6.42 Å². The third kappa shape index (κ3) is 4.17. The Hall–Kier alpha value is -2.15. The summed E-state index contributed by atoms with van der Waals surface area (Å²) in [6, 6.07) is 11.7. The fraction of sp³-hybridized carbons (Fsp3) is 0.435. The SMILES string of the molecule is O[C@@H]1C[C@H]2CN(CCc3nc4ccc(Cl)cc4[nH]3)C[C@H]2C[C@H]1Oc1ccc(F)cc1. The van der Waals surface area contributed by atoms with Crippen LogP contribution in [0.2, 0.25) is 5.02 Å². The second-order valence-electron chi connectivity index (χ2n) is 8.52. The van der Waals surface area contributed by atoms with Crippen molar-refractivity contribution >= 4 is 22.6 Å². The molecule has 4 atom stereocenters. The normalized spacial score (nSPS) is 26.8. The number of nitrogens with zero attached hydrogens (tertiary/aromatic N) is 2. The predicted octanol–water partition coefficient (Wildman–Crippen LogP) is 4.05. The van der Waals surface area contributed by atoms with Crippen LogP contribution in [0.5, 0.6) is 5.75 Å². The number of fused-ring (bicyclic) bond motifs is 2. The second kappa shape index (κ2) is 8.17. The molecule has 0 spiro atoms. The quantitative estimate of drug-likeness (QED) is 0.642. The highest BCUT2D eigenvalue weighted by atomic mass is 35.5. The van der Waals surface area contributed by atoms with Crippen molar-refractivity contribution < 1.29 is 14.2 Å². The Balaban J connectivity index is 1.17. The van der Waals surface area contributed by atoms with E-state index in [0.717, 1.165) is 55.8 Å². The number of nitrogens with one attached hydrogen (secondary N) is 1. The first-order chi connectivity index (χ1) is 14.5. The molecule has 0 amide bonds. The van der Waals surface area contributed by atoms with Gasteiger partial charge >= 0.3 is 0 Å². The van der Waals surface area contributed by atoms with Gasteiger partial charge < -0.3 is 19.7 Å². The zero-order valence-corrected chi connectivity index (χ0v) is 17.4. The molecule has 0 radical (unpaired) electrons. The summed E-state index contributed by atoms with van der Waals surface area (Å²) in [5, 5.41) is 11.3. The number of hydrogen-bond acceptors (Lipinski definition) is 4. The minimum absolute atomic E-state index is 0.239. The number of aromatic amines is 1. The Morgan fingerprint density at radius 3 is 2.70 bits per heavy atom. The number of aliphatic hydroxyl groups is 1. The van der Waals surface area contributed by atoms with Crippen LogP contribution >= 0.6 is 11.6 Å². The Morgan fingerprint density at radius 2 is 1.90 bits per heavy atom. The van der Waals surface area contributed by atoms with E-state index in [9.17, 15) is 9.50 Å². The van der Waals surface area contributed by atoms with E-state index >= 15 is 0 Å². The average Bonchev–Trinajstić information content (AvgIpc) is 3.30. The molecule has 2 heterocycles. The van der Waals surface area contributed by atoms with Gasteiger partial charge in [0, 0.05) is 31.1 Å². The fourth-order valence-corrected chi connectivity index (χ4v) is 5.07. The molecule has 1 saturated carbocycles. The number of aliphatic hydroxyl groups excluding tert-OH is 1. The van der Waals surface area contributed by atoms with Crippen LogP contribution in [0.4, 0.5) is 4.39 Å². The van der Waals surface area contributed by atoms with Crippen LogP contribution in [0.25, 0.3) is 11.0 Å². The molecule has 2 aliphatic rings. The van der Waals surface area contributed by atoms with Gasteiger partial charge in [-0.25, -0.2) is 9.37 Å². The van der Waals surface area contributed by atoms with Gasteiger partial charge in [0.25, 0.3) is 0 Å². The van der Waals surface area contributed by atoms with E-state index in [1.54, 1.807) is 12.1 Å². The van der Waals surface area contributed by atoms with Gasteiger partial charge in [-0.05, 0) is 67.1 Å². The van der Waals surface area contributed by atoms with E-state index in [0.29, 0.717) is 22.6 Å². The monoisotopic (exact) mass is 429 g/mol. The molecule has 1 saturated heterocycles. The van der Waals surface area contributed by atoms with E-state index in [2.05, 4.69) is 14.9 Å². The molecule has 3 aromatic rings. The molecule has 0 unspecified atom stereocenters. The summed E-state index contributed by atoms with van der Waals surface area (Å²) < 4.78 is 19.1. The molecule has 2 aromatic carbocycles. The van der Waals surface area contributed by atoms with Gasteiger partial charge in [0.2, 0.25) is 0 Å². The molecular formula is C23H25ClFN3O2. The van der Waals surface area contributed by atoms with Crippen LogP contribution < -0.4 is 4.74 Å². The summed E-state index contributed by atoms with van der Waals surface area (Å²) in [6.07, 6.45) is 1.69. The molecule has 5 rings (SSSR count). The molecular weight excluding hydrogens is 405 g/mol.